The number of benzene rings is 2. The average molecular weight is 596 g/mol. The van der Waals surface area contributed by atoms with E-state index in [9.17, 15) is 13.6 Å². The first-order chi connectivity index (χ1) is 20.2. The summed E-state index contributed by atoms with van der Waals surface area (Å²) in [7, 11) is 4.77. The maximum atomic E-state index is 13.3. The lowest BCUT2D eigenvalue weighted by atomic mass is 10.1. The van der Waals surface area contributed by atoms with Crippen molar-refractivity contribution in [3.63, 3.8) is 0 Å². The van der Waals surface area contributed by atoms with Gasteiger partial charge < -0.3 is 23.7 Å². The molecule has 4 aromatic rings. The number of H-pyrrole nitrogens is 1. The van der Waals surface area contributed by atoms with E-state index in [4.69, 9.17) is 24.3 Å². The summed E-state index contributed by atoms with van der Waals surface area (Å²) in [4.78, 5) is 21.0. The molecule has 0 radical (unpaired) electrons. The maximum absolute atomic E-state index is 13.3. The Kier molecular flexibility index (Phi) is 8.67. The number of fused-ring (bicyclic) bond motifs is 1. The molecule has 11 nitrogen and oxygen atoms in total. The first-order valence-corrected chi connectivity index (χ1v) is 15.2. The molecular weight excluding hydrogens is 558 g/mol. The zero-order valence-corrected chi connectivity index (χ0v) is 25.5. The van der Waals surface area contributed by atoms with E-state index in [1.54, 1.807) is 50.0 Å². The molecule has 1 fully saturated rings. The third-order valence-electron chi connectivity index (χ3n) is 8.09. The van der Waals surface area contributed by atoms with Crippen molar-refractivity contribution >= 4 is 22.5 Å². The van der Waals surface area contributed by atoms with Crippen LogP contribution in [0.3, 0.4) is 0 Å². The molecule has 2 atom stereocenters. The molecule has 5 rings (SSSR count). The van der Waals surface area contributed by atoms with Gasteiger partial charge in [-0.15, -0.1) is 5.10 Å². The molecule has 42 heavy (non-hydrogen) atoms. The second-order valence-electron chi connectivity index (χ2n) is 10.7. The van der Waals surface area contributed by atoms with Gasteiger partial charge in [-0.2, -0.15) is 0 Å². The van der Waals surface area contributed by atoms with Crippen LogP contribution in [0.2, 0.25) is 0 Å². The molecule has 2 unspecified atom stereocenters. The molecule has 1 aliphatic rings. The number of rotatable bonds is 11. The number of methoxy groups -OCH3 is 2. The first kappa shape index (κ1) is 29.7. The molecule has 0 bridgehead atoms. The van der Waals surface area contributed by atoms with Gasteiger partial charge in [-0.05, 0) is 50.5 Å². The largest absolute Gasteiger partial charge is 0.724 e. The summed E-state index contributed by atoms with van der Waals surface area (Å²) in [5.74, 6) is 2.99. The molecule has 0 saturated heterocycles. The Balaban J connectivity index is 1.57. The molecule has 12 heteroatoms. The number of ether oxygens (including phenoxy) is 3. The van der Waals surface area contributed by atoms with Crippen molar-refractivity contribution in [2.45, 2.75) is 51.9 Å². The fourth-order valence-electron chi connectivity index (χ4n) is 5.71. The monoisotopic (exact) mass is 595 g/mol. The highest BCUT2D eigenvalue weighted by atomic mass is 32.2. The van der Waals surface area contributed by atoms with Gasteiger partial charge in [-0.1, -0.05) is 18.9 Å². The van der Waals surface area contributed by atoms with Crippen LogP contribution in [0, 0.1) is 6.92 Å². The fourth-order valence-corrected chi connectivity index (χ4v) is 6.24. The number of hydrogen-bond donors (Lipinski definition) is 1. The highest BCUT2D eigenvalue weighted by molar-refractivity contribution is 7.78. The third kappa shape index (κ3) is 5.53. The van der Waals surface area contributed by atoms with E-state index in [0.717, 1.165) is 37.1 Å². The molecule has 0 spiro atoms. The second-order valence-corrected chi connectivity index (χ2v) is 11.9. The number of nitrogens with zero attached hydrogens (tertiary/aromatic N) is 4. The average Bonchev–Trinajstić information content (AvgIpc) is 3.64. The van der Waals surface area contributed by atoms with Crippen molar-refractivity contribution in [3.05, 3.63) is 63.8 Å². The summed E-state index contributed by atoms with van der Waals surface area (Å²) in [5, 5.41) is 4.84. The van der Waals surface area contributed by atoms with E-state index in [0.29, 0.717) is 52.7 Å². The Morgan fingerprint density at radius 3 is 2.48 bits per heavy atom. The van der Waals surface area contributed by atoms with E-state index in [2.05, 4.69) is 4.98 Å². The van der Waals surface area contributed by atoms with Crippen molar-refractivity contribution in [3.8, 4) is 28.6 Å². The minimum Gasteiger partial charge on any atom is -0.724 e. The molecule has 1 N–H and O–H groups in total. The number of imidazole rings is 1. The van der Waals surface area contributed by atoms with Gasteiger partial charge >= 0.3 is 0 Å². The number of aryl methyl sites for hydroxylation is 1. The summed E-state index contributed by atoms with van der Waals surface area (Å²) in [6.45, 7) is 4.32. The van der Waals surface area contributed by atoms with Crippen LogP contribution in [0.4, 0.5) is 5.69 Å². The first-order valence-electron chi connectivity index (χ1n) is 14.1. The quantitative estimate of drug-likeness (QED) is 0.199. The number of aromatic nitrogens is 4. The van der Waals surface area contributed by atoms with E-state index < -0.39 is 15.2 Å². The molecule has 0 aliphatic heterocycles. The van der Waals surface area contributed by atoms with Crippen LogP contribution >= 0.6 is 0 Å². The molecule has 1 saturated carbocycles. The Labute approximate surface area is 247 Å². The Morgan fingerprint density at radius 2 is 1.81 bits per heavy atom. The standard InChI is InChI=1S/C30H37N5O6S/c1-6-41-24-14-12-22(35(3,42(37)38)16-15-20-11-13-25(39-4)26(17-20)40-5)18-23(24)28-32-30(36)27-19(2)31-29(34(27)33-28)21-9-7-8-10-21/h11-14,17-18,21H,6-10,15-16H2,1-5H3,(H-,32,33,36,37,38). The van der Waals surface area contributed by atoms with Gasteiger partial charge in [0.15, 0.2) is 34.1 Å². The highest BCUT2D eigenvalue weighted by Gasteiger charge is 2.30. The minimum atomic E-state index is -2.53. The zero-order chi connectivity index (χ0) is 30.0. The summed E-state index contributed by atoms with van der Waals surface area (Å²) in [5.41, 5.74) is 2.66. The molecular formula is C30H37N5O6S. The van der Waals surface area contributed by atoms with Crippen molar-refractivity contribution < 1.29 is 23.0 Å². The van der Waals surface area contributed by atoms with Gasteiger partial charge in [0.1, 0.15) is 17.3 Å². The lowest BCUT2D eigenvalue weighted by molar-refractivity contribution is 0.341. The van der Waals surface area contributed by atoms with Gasteiger partial charge in [0.2, 0.25) is 0 Å². The Morgan fingerprint density at radius 1 is 1.10 bits per heavy atom. The predicted molar refractivity (Wildman–Crippen MR) is 161 cm³/mol. The van der Waals surface area contributed by atoms with E-state index >= 15 is 0 Å². The van der Waals surface area contributed by atoms with Crippen molar-refractivity contribution in [1.82, 2.24) is 23.5 Å². The number of aromatic amines is 1. The van der Waals surface area contributed by atoms with Crippen LogP contribution in [0.5, 0.6) is 17.2 Å². The van der Waals surface area contributed by atoms with Crippen LogP contribution in [0.25, 0.3) is 16.9 Å². The smallest absolute Gasteiger partial charge is 0.277 e. The minimum absolute atomic E-state index is 0.241. The van der Waals surface area contributed by atoms with Crippen LogP contribution in [0.15, 0.2) is 41.2 Å². The van der Waals surface area contributed by atoms with Crippen LogP contribution in [-0.4, -0.2) is 62.8 Å². The molecule has 2 heterocycles. The van der Waals surface area contributed by atoms with E-state index in [-0.39, 0.29) is 23.8 Å². The van der Waals surface area contributed by atoms with Gasteiger partial charge in [0.25, 0.3) is 5.56 Å². The normalized spacial score (nSPS) is 16.0. The van der Waals surface area contributed by atoms with E-state index in [1.165, 1.54) is 0 Å². The molecule has 2 aromatic carbocycles. The second kappa shape index (κ2) is 12.2. The SMILES string of the molecule is CCOc1ccc([N+](C)(CCc2ccc(OC)c(OC)c2)S(=O)[O-])cc1-c1nn2c(C3CCCC3)nc(C)c2c(=O)[nH]1. The maximum Gasteiger partial charge on any atom is 0.277 e. The lowest BCUT2D eigenvalue weighted by Crippen LogP contribution is -2.48. The summed E-state index contributed by atoms with van der Waals surface area (Å²) in [6.07, 6.45) is 4.71. The lowest BCUT2D eigenvalue weighted by Gasteiger charge is -2.34. The van der Waals surface area contributed by atoms with Crippen molar-refractivity contribution in [1.29, 1.82) is 0 Å². The number of quaternary nitrogens is 1. The molecule has 224 valence electrons. The number of hydrogen-bond acceptors (Lipinski definition) is 8. The fraction of sp³-hybridized carbons (Fsp3) is 0.433. The Hall–Kier alpha value is -3.74. The van der Waals surface area contributed by atoms with Crippen LogP contribution in [0.1, 0.15) is 55.6 Å². The van der Waals surface area contributed by atoms with E-state index in [1.807, 2.05) is 26.0 Å². The highest BCUT2D eigenvalue weighted by Crippen LogP contribution is 2.37. The number of likely N-dealkylation sites (N-methyl/N-ethyl adjacent to an activating group) is 1. The number of nitrogens with one attached hydrogen (secondary N) is 1. The van der Waals surface area contributed by atoms with Crippen LogP contribution in [-0.2, 0) is 17.7 Å². The molecule has 2 aromatic heterocycles. The topological polar surface area (TPSA) is 131 Å². The van der Waals surface area contributed by atoms with Crippen molar-refractivity contribution in [2.75, 3.05) is 34.4 Å². The van der Waals surface area contributed by atoms with Gasteiger partial charge in [-0.25, -0.2) is 17.6 Å². The third-order valence-corrected chi connectivity index (χ3v) is 9.14. The van der Waals surface area contributed by atoms with Gasteiger partial charge in [0, 0.05) is 24.5 Å². The summed E-state index contributed by atoms with van der Waals surface area (Å²) in [6, 6.07) is 10.7. The van der Waals surface area contributed by atoms with Crippen LogP contribution < -0.4 is 23.7 Å². The van der Waals surface area contributed by atoms with Gasteiger partial charge in [-0.3, -0.25) is 4.79 Å². The van der Waals surface area contributed by atoms with Crippen molar-refractivity contribution in [2.24, 2.45) is 0 Å². The zero-order valence-electron chi connectivity index (χ0n) is 24.6. The molecule has 1 aliphatic carbocycles. The summed E-state index contributed by atoms with van der Waals surface area (Å²) < 4.78 is 43.4. The summed E-state index contributed by atoms with van der Waals surface area (Å²) >= 11 is -2.53. The Bertz CT molecular complexity index is 1680. The predicted octanol–water partition coefficient (Wildman–Crippen LogP) is 4.44. The molecule has 0 amide bonds. The van der Waals surface area contributed by atoms with Gasteiger partial charge in [0.05, 0.1) is 45.7 Å².